The number of benzene rings is 1. The maximum Gasteiger partial charge on any atom is 0.224 e. The first-order valence-corrected chi connectivity index (χ1v) is 5.03. The lowest BCUT2D eigenvalue weighted by Crippen LogP contribution is -2.18. The molecule has 0 spiro atoms. The van der Waals surface area contributed by atoms with E-state index in [1.54, 1.807) is 25.1 Å². The number of oxime groups is 1. The highest BCUT2D eigenvalue weighted by Crippen LogP contribution is 2.21. The Kier molecular flexibility index (Phi) is 4.13. The number of hydrogen-bond acceptors (Lipinski definition) is 3. The third kappa shape index (κ3) is 2.87. The van der Waals surface area contributed by atoms with Gasteiger partial charge in [0.15, 0.2) is 5.84 Å². The molecule has 0 atom stereocenters. The Labute approximate surface area is 97.9 Å². The minimum absolute atomic E-state index is 0.0805. The van der Waals surface area contributed by atoms with Crippen molar-refractivity contribution in [2.24, 2.45) is 10.9 Å². The summed E-state index contributed by atoms with van der Waals surface area (Å²) in [6.07, 6.45) is 0.335. The minimum atomic E-state index is -0.172. The third-order valence-corrected chi connectivity index (χ3v) is 2.20. The Morgan fingerprint density at radius 1 is 1.62 bits per heavy atom. The summed E-state index contributed by atoms with van der Waals surface area (Å²) in [4.78, 5) is 11.3. The van der Waals surface area contributed by atoms with Gasteiger partial charge in [-0.1, -0.05) is 23.7 Å². The van der Waals surface area contributed by atoms with Crippen LogP contribution in [0, 0.1) is 0 Å². The number of halogens is 1. The summed E-state index contributed by atoms with van der Waals surface area (Å²) in [6.45, 7) is 1.73. The number of amidine groups is 1. The lowest BCUT2D eigenvalue weighted by Gasteiger charge is -2.09. The zero-order valence-electron chi connectivity index (χ0n) is 8.70. The number of rotatable bonds is 3. The highest BCUT2D eigenvalue weighted by atomic mass is 35.5. The summed E-state index contributed by atoms with van der Waals surface area (Å²) in [5.41, 5.74) is 6.32. The van der Waals surface area contributed by atoms with Crippen LogP contribution < -0.4 is 11.1 Å². The maximum absolute atomic E-state index is 11.3. The Bertz CT molecular complexity index is 432. The number of nitrogens with one attached hydrogen (secondary N) is 1. The fraction of sp³-hybridized carbons (Fsp3) is 0.200. The quantitative estimate of drug-likeness (QED) is 0.326. The van der Waals surface area contributed by atoms with Gasteiger partial charge in [0.25, 0.3) is 0 Å². The van der Waals surface area contributed by atoms with Crippen LogP contribution in [0.15, 0.2) is 23.4 Å². The number of carbonyl (C=O) groups excluding carboxylic acids is 1. The monoisotopic (exact) mass is 241 g/mol. The molecular formula is C10H12ClN3O2. The van der Waals surface area contributed by atoms with Gasteiger partial charge in [-0.3, -0.25) is 4.79 Å². The van der Waals surface area contributed by atoms with E-state index < -0.39 is 0 Å². The van der Waals surface area contributed by atoms with Crippen LogP contribution in [-0.2, 0) is 4.79 Å². The van der Waals surface area contributed by atoms with E-state index in [-0.39, 0.29) is 11.7 Å². The van der Waals surface area contributed by atoms with Crippen molar-refractivity contribution in [1.82, 2.24) is 0 Å². The standard InChI is InChI=1S/C10H12ClN3O2/c1-2-9(15)13-8-5-6(11)3-4-7(8)10(12)14-16/h3-5,16H,2H2,1H3,(H2,12,14)(H,13,15). The average molecular weight is 242 g/mol. The van der Waals surface area contributed by atoms with Gasteiger partial charge in [0.1, 0.15) is 0 Å². The van der Waals surface area contributed by atoms with Crippen LogP contribution in [0.5, 0.6) is 0 Å². The second-order valence-electron chi connectivity index (χ2n) is 3.08. The number of amides is 1. The number of nitrogens with zero attached hydrogens (tertiary/aromatic N) is 1. The summed E-state index contributed by atoms with van der Waals surface area (Å²) in [5.74, 6) is -0.252. The first-order chi connectivity index (χ1) is 7.58. The van der Waals surface area contributed by atoms with Crippen LogP contribution in [0.25, 0.3) is 0 Å². The van der Waals surface area contributed by atoms with Crippen LogP contribution in [0.4, 0.5) is 5.69 Å². The van der Waals surface area contributed by atoms with Crippen molar-refractivity contribution in [3.8, 4) is 0 Å². The van der Waals surface area contributed by atoms with Gasteiger partial charge in [0, 0.05) is 17.0 Å². The molecule has 5 nitrogen and oxygen atoms in total. The van der Waals surface area contributed by atoms with Gasteiger partial charge in [-0.15, -0.1) is 0 Å². The minimum Gasteiger partial charge on any atom is -0.409 e. The molecule has 0 aliphatic rings. The topological polar surface area (TPSA) is 87.7 Å². The summed E-state index contributed by atoms with van der Waals surface area (Å²) in [5, 5.41) is 14.6. The van der Waals surface area contributed by atoms with Gasteiger partial charge in [-0.2, -0.15) is 0 Å². The lowest BCUT2D eigenvalue weighted by molar-refractivity contribution is -0.115. The van der Waals surface area contributed by atoms with Gasteiger partial charge >= 0.3 is 0 Å². The van der Waals surface area contributed by atoms with Crippen molar-refractivity contribution < 1.29 is 10.0 Å². The van der Waals surface area contributed by atoms with E-state index in [2.05, 4.69) is 10.5 Å². The van der Waals surface area contributed by atoms with Crippen molar-refractivity contribution in [2.45, 2.75) is 13.3 Å². The van der Waals surface area contributed by atoms with Gasteiger partial charge in [-0.05, 0) is 18.2 Å². The van der Waals surface area contributed by atoms with Crippen molar-refractivity contribution in [2.75, 3.05) is 5.32 Å². The van der Waals surface area contributed by atoms with Crippen LogP contribution in [-0.4, -0.2) is 17.0 Å². The van der Waals surface area contributed by atoms with E-state index in [1.165, 1.54) is 0 Å². The number of anilines is 1. The second kappa shape index (κ2) is 5.37. The zero-order valence-corrected chi connectivity index (χ0v) is 9.45. The molecule has 4 N–H and O–H groups in total. The molecule has 0 heterocycles. The Morgan fingerprint density at radius 2 is 2.31 bits per heavy atom. The molecular weight excluding hydrogens is 230 g/mol. The Balaban J connectivity index is 3.13. The molecule has 86 valence electrons. The first-order valence-electron chi connectivity index (χ1n) is 4.65. The molecule has 0 saturated heterocycles. The molecule has 0 aliphatic carbocycles. The first kappa shape index (κ1) is 12.3. The molecule has 1 rings (SSSR count). The van der Waals surface area contributed by atoms with E-state index in [9.17, 15) is 4.79 Å². The molecule has 1 amide bonds. The Morgan fingerprint density at radius 3 is 2.88 bits per heavy atom. The predicted molar refractivity (Wildman–Crippen MR) is 62.9 cm³/mol. The molecule has 1 aromatic carbocycles. The maximum atomic E-state index is 11.3. The van der Waals surface area contributed by atoms with Crippen molar-refractivity contribution in [3.05, 3.63) is 28.8 Å². The van der Waals surface area contributed by atoms with E-state index in [0.717, 1.165) is 0 Å². The highest BCUT2D eigenvalue weighted by Gasteiger charge is 2.09. The summed E-state index contributed by atoms with van der Waals surface area (Å²) >= 11 is 5.80. The lowest BCUT2D eigenvalue weighted by atomic mass is 10.1. The molecule has 0 aliphatic heterocycles. The normalized spacial score (nSPS) is 11.2. The van der Waals surface area contributed by atoms with Gasteiger partial charge in [0.05, 0.1) is 5.69 Å². The molecule has 0 fully saturated rings. The smallest absolute Gasteiger partial charge is 0.224 e. The number of nitrogens with two attached hydrogens (primary N) is 1. The largest absolute Gasteiger partial charge is 0.409 e. The molecule has 0 aromatic heterocycles. The fourth-order valence-electron chi connectivity index (χ4n) is 1.14. The van der Waals surface area contributed by atoms with Crippen molar-refractivity contribution >= 4 is 29.0 Å². The molecule has 0 radical (unpaired) electrons. The summed E-state index contributed by atoms with van der Waals surface area (Å²) in [6, 6.07) is 4.71. The summed E-state index contributed by atoms with van der Waals surface area (Å²) < 4.78 is 0. The molecule has 0 bridgehead atoms. The zero-order chi connectivity index (χ0) is 12.1. The fourth-order valence-corrected chi connectivity index (χ4v) is 1.31. The van der Waals surface area contributed by atoms with E-state index in [0.29, 0.717) is 22.7 Å². The van der Waals surface area contributed by atoms with Crippen molar-refractivity contribution in [3.63, 3.8) is 0 Å². The molecule has 1 aromatic rings. The SMILES string of the molecule is CCC(=O)Nc1cc(Cl)ccc1C(N)=NO. The summed E-state index contributed by atoms with van der Waals surface area (Å²) in [7, 11) is 0. The van der Waals surface area contributed by atoms with Gasteiger partial charge in [0.2, 0.25) is 5.91 Å². The van der Waals surface area contributed by atoms with E-state index in [1.807, 2.05) is 0 Å². The molecule has 0 saturated carbocycles. The van der Waals surface area contributed by atoms with Crippen LogP contribution in [0.3, 0.4) is 0 Å². The molecule has 0 unspecified atom stereocenters. The van der Waals surface area contributed by atoms with Gasteiger partial charge in [-0.25, -0.2) is 0 Å². The number of carbonyl (C=O) groups is 1. The van der Waals surface area contributed by atoms with E-state index in [4.69, 9.17) is 22.5 Å². The average Bonchev–Trinajstić information content (AvgIpc) is 2.28. The molecule has 6 heteroatoms. The predicted octanol–water partition coefficient (Wildman–Crippen LogP) is 1.78. The third-order valence-electron chi connectivity index (χ3n) is 1.96. The number of hydrogen-bond donors (Lipinski definition) is 3. The molecule has 16 heavy (non-hydrogen) atoms. The van der Waals surface area contributed by atoms with Crippen molar-refractivity contribution in [1.29, 1.82) is 0 Å². The highest BCUT2D eigenvalue weighted by molar-refractivity contribution is 6.31. The Hall–Kier alpha value is -1.75. The van der Waals surface area contributed by atoms with Crippen LogP contribution >= 0.6 is 11.6 Å². The van der Waals surface area contributed by atoms with Gasteiger partial charge < -0.3 is 16.3 Å². The van der Waals surface area contributed by atoms with Crippen LogP contribution in [0.2, 0.25) is 5.02 Å². The van der Waals surface area contributed by atoms with Crippen LogP contribution in [0.1, 0.15) is 18.9 Å². The second-order valence-corrected chi connectivity index (χ2v) is 3.51. The van der Waals surface area contributed by atoms with E-state index >= 15 is 0 Å².